The summed E-state index contributed by atoms with van der Waals surface area (Å²) < 4.78 is 29.4. The van der Waals surface area contributed by atoms with Crippen LogP contribution in [0.1, 0.15) is 11.5 Å². The maximum absolute atomic E-state index is 12.6. The molecule has 0 radical (unpaired) electrons. The molecule has 5 heteroatoms. The van der Waals surface area contributed by atoms with Crippen LogP contribution in [0.3, 0.4) is 0 Å². The Morgan fingerprint density at radius 1 is 1.33 bits per heavy atom. The molecule has 1 aromatic carbocycles. The van der Waals surface area contributed by atoms with Crippen molar-refractivity contribution in [2.75, 3.05) is 7.11 Å². The summed E-state index contributed by atoms with van der Waals surface area (Å²) in [7, 11) is 1.05. The molecule has 0 saturated carbocycles. The van der Waals surface area contributed by atoms with E-state index < -0.39 is 18.3 Å². The minimum absolute atomic E-state index is 0.0448. The number of carbonyl (C=O) groups excluding carboxylic acids is 1. The van der Waals surface area contributed by atoms with Crippen molar-refractivity contribution in [3.63, 3.8) is 0 Å². The molecule has 0 saturated heterocycles. The summed E-state index contributed by atoms with van der Waals surface area (Å²) in [5.74, 6) is -2.64. The molecule has 82 valence electrons. The van der Waals surface area contributed by atoms with Crippen LogP contribution >= 0.6 is 0 Å². The Bertz CT molecular complexity index is 335. The van der Waals surface area contributed by atoms with E-state index in [9.17, 15) is 13.6 Å². The standard InChI is InChI=1S/C10H10F2O3/c1-15-10(14)8(9(11)12)6-2-4-7(13)5-3-6/h2-5,8-9,13H,1H3/t8-/m0/s1. The summed E-state index contributed by atoms with van der Waals surface area (Å²) in [5.41, 5.74) is 0.120. The van der Waals surface area contributed by atoms with Gasteiger partial charge in [0.2, 0.25) is 0 Å². The van der Waals surface area contributed by atoms with Crippen molar-refractivity contribution in [3.8, 4) is 5.75 Å². The number of phenolic OH excluding ortho intramolecular Hbond substituents is 1. The third-order valence-corrected chi connectivity index (χ3v) is 1.96. The molecule has 0 aromatic heterocycles. The summed E-state index contributed by atoms with van der Waals surface area (Å²) in [6.45, 7) is 0. The molecule has 0 fully saturated rings. The largest absolute Gasteiger partial charge is 0.508 e. The molecule has 0 aliphatic rings. The fraction of sp³-hybridized carbons (Fsp3) is 0.300. The monoisotopic (exact) mass is 216 g/mol. The zero-order chi connectivity index (χ0) is 11.4. The number of rotatable bonds is 3. The van der Waals surface area contributed by atoms with Gasteiger partial charge in [0.1, 0.15) is 11.7 Å². The third-order valence-electron chi connectivity index (χ3n) is 1.96. The van der Waals surface area contributed by atoms with Gasteiger partial charge in [-0.1, -0.05) is 12.1 Å². The van der Waals surface area contributed by atoms with Crippen molar-refractivity contribution in [1.82, 2.24) is 0 Å². The van der Waals surface area contributed by atoms with Gasteiger partial charge in [-0.25, -0.2) is 8.78 Å². The van der Waals surface area contributed by atoms with Gasteiger partial charge < -0.3 is 9.84 Å². The van der Waals surface area contributed by atoms with Gasteiger partial charge in [0.25, 0.3) is 6.43 Å². The van der Waals surface area contributed by atoms with Crippen LogP contribution in [-0.2, 0) is 9.53 Å². The van der Waals surface area contributed by atoms with Crippen LogP contribution in [0.2, 0.25) is 0 Å². The topological polar surface area (TPSA) is 46.5 Å². The highest BCUT2D eigenvalue weighted by atomic mass is 19.3. The Balaban J connectivity index is 2.99. The van der Waals surface area contributed by atoms with Crippen molar-refractivity contribution >= 4 is 5.97 Å². The van der Waals surface area contributed by atoms with Crippen molar-refractivity contribution in [3.05, 3.63) is 29.8 Å². The molecular weight excluding hydrogens is 206 g/mol. The van der Waals surface area contributed by atoms with Crippen LogP contribution in [0.4, 0.5) is 8.78 Å². The SMILES string of the molecule is COC(=O)[C@@H](c1ccc(O)cc1)C(F)F. The summed E-state index contributed by atoms with van der Waals surface area (Å²) in [5, 5.41) is 8.97. The number of esters is 1. The minimum atomic E-state index is -2.83. The number of benzene rings is 1. The van der Waals surface area contributed by atoms with E-state index in [4.69, 9.17) is 5.11 Å². The highest BCUT2D eigenvalue weighted by molar-refractivity contribution is 5.78. The van der Waals surface area contributed by atoms with Crippen LogP contribution < -0.4 is 0 Å². The van der Waals surface area contributed by atoms with Crippen LogP contribution in [-0.4, -0.2) is 24.6 Å². The van der Waals surface area contributed by atoms with Crippen LogP contribution in [0.15, 0.2) is 24.3 Å². The maximum Gasteiger partial charge on any atom is 0.319 e. The molecule has 0 amide bonds. The summed E-state index contributed by atoms with van der Waals surface area (Å²) >= 11 is 0. The lowest BCUT2D eigenvalue weighted by atomic mass is 10.00. The molecule has 1 atom stereocenters. The Labute approximate surface area is 85.3 Å². The first-order valence-corrected chi connectivity index (χ1v) is 4.21. The number of halogens is 2. The number of hydrogen-bond acceptors (Lipinski definition) is 3. The van der Waals surface area contributed by atoms with Crippen molar-refractivity contribution in [2.45, 2.75) is 12.3 Å². The van der Waals surface area contributed by atoms with E-state index in [1.54, 1.807) is 0 Å². The fourth-order valence-corrected chi connectivity index (χ4v) is 1.19. The van der Waals surface area contributed by atoms with Gasteiger partial charge in [0, 0.05) is 0 Å². The lowest BCUT2D eigenvalue weighted by Crippen LogP contribution is -2.21. The first-order valence-electron chi connectivity index (χ1n) is 4.21. The minimum Gasteiger partial charge on any atom is -0.508 e. The smallest absolute Gasteiger partial charge is 0.319 e. The van der Waals surface area contributed by atoms with Crippen LogP contribution in [0, 0.1) is 0 Å². The first-order chi connectivity index (χ1) is 7.06. The predicted molar refractivity (Wildman–Crippen MR) is 48.9 cm³/mol. The molecule has 1 rings (SSSR count). The van der Waals surface area contributed by atoms with E-state index in [2.05, 4.69) is 4.74 Å². The number of ether oxygens (including phenoxy) is 1. The second-order valence-corrected chi connectivity index (χ2v) is 2.93. The number of carbonyl (C=O) groups is 1. The van der Waals surface area contributed by atoms with Gasteiger partial charge in [-0.2, -0.15) is 0 Å². The summed E-state index contributed by atoms with van der Waals surface area (Å²) in [6, 6.07) is 5.02. The average Bonchev–Trinajstić information content (AvgIpc) is 2.20. The van der Waals surface area contributed by atoms with Crippen molar-refractivity contribution in [2.24, 2.45) is 0 Å². The maximum atomic E-state index is 12.6. The third kappa shape index (κ3) is 2.65. The summed E-state index contributed by atoms with van der Waals surface area (Å²) in [6.07, 6.45) is -2.83. The fourth-order valence-electron chi connectivity index (χ4n) is 1.19. The molecule has 1 aromatic rings. The second kappa shape index (κ2) is 4.72. The zero-order valence-corrected chi connectivity index (χ0v) is 7.98. The molecule has 3 nitrogen and oxygen atoms in total. The summed E-state index contributed by atoms with van der Waals surface area (Å²) in [4.78, 5) is 11.1. The van der Waals surface area contributed by atoms with E-state index in [0.717, 1.165) is 7.11 Å². The average molecular weight is 216 g/mol. The van der Waals surface area contributed by atoms with Gasteiger partial charge in [0.05, 0.1) is 7.11 Å². The number of alkyl halides is 2. The normalized spacial score (nSPS) is 12.5. The van der Waals surface area contributed by atoms with E-state index in [1.807, 2.05) is 0 Å². The quantitative estimate of drug-likeness (QED) is 0.785. The molecular formula is C10H10F2O3. The van der Waals surface area contributed by atoms with Gasteiger partial charge in [-0.3, -0.25) is 4.79 Å². The van der Waals surface area contributed by atoms with E-state index in [-0.39, 0.29) is 11.3 Å². The van der Waals surface area contributed by atoms with Crippen LogP contribution in [0.5, 0.6) is 5.75 Å². The van der Waals surface area contributed by atoms with Crippen molar-refractivity contribution in [1.29, 1.82) is 0 Å². The molecule has 0 aliphatic carbocycles. The molecule has 0 heterocycles. The Hall–Kier alpha value is -1.65. The van der Waals surface area contributed by atoms with E-state index in [0.29, 0.717) is 0 Å². The lowest BCUT2D eigenvalue weighted by Gasteiger charge is -2.13. The van der Waals surface area contributed by atoms with Gasteiger partial charge >= 0.3 is 5.97 Å². The van der Waals surface area contributed by atoms with Crippen molar-refractivity contribution < 1.29 is 23.4 Å². The Kier molecular flexibility index (Phi) is 3.60. The van der Waals surface area contributed by atoms with Gasteiger partial charge in [0.15, 0.2) is 0 Å². The Morgan fingerprint density at radius 2 is 1.87 bits per heavy atom. The van der Waals surface area contributed by atoms with Crippen LogP contribution in [0.25, 0.3) is 0 Å². The van der Waals surface area contributed by atoms with E-state index in [1.165, 1.54) is 24.3 Å². The highest BCUT2D eigenvalue weighted by Gasteiger charge is 2.30. The number of methoxy groups -OCH3 is 1. The molecule has 0 aliphatic heterocycles. The second-order valence-electron chi connectivity index (χ2n) is 2.93. The van der Waals surface area contributed by atoms with Gasteiger partial charge in [-0.15, -0.1) is 0 Å². The number of aromatic hydroxyl groups is 1. The molecule has 0 spiro atoms. The van der Waals surface area contributed by atoms with Gasteiger partial charge in [-0.05, 0) is 17.7 Å². The number of hydrogen-bond donors (Lipinski definition) is 1. The molecule has 0 bridgehead atoms. The predicted octanol–water partition coefficient (Wildman–Crippen LogP) is 1.91. The lowest BCUT2D eigenvalue weighted by molar-refractivity contribution is -0.146. The first kappa shape index (κ1) is 11.4. The highest BCUT2D eigenvalue weighted by Crippen LogP contribution is 2.26. The molecule has 1 N–H and O–H groups in total. The Morgan fingerprint density at radius 3 is 2.27 bits per heavy atom. The number of phenols is 1. The van der Waals surface area contributed by atoms with E-state index >= 15 is 0 Å². The molecule has 15 heavy (non-hydrogen) atoms. The zero-order valence-electron chi connectivity index (χ0n) is 7.98. The molecule has 0 unspecified atom stereocenters.